The Balaban J connectivity index is 2.42. The van der Waals surface area contributed by atoms with Crippen molar-refractivity contribution in [3.05, 3.63) is 70.8 Å². The van der Waals surface area contributed by atoms with E-state index in [0.717, 1.165) is 36.4 Å². The van der Waals surface area contributed by atoms with Gasteiger partial charge in [0.15, 0.2) is 0 Å². The van der Waals surface area contributed by atoms with Crippen molar-refractivity contribution in [2.75, 3.05) is 6.61 Å². The molecule has 0 radical (unpaired) electrons. The monoisotopic (exact) mass is 434 g/mol. The van der Waals surface area contributed by atoms with Crippen LogP contribution in [0, 0.1) is 0 Å². The Kier molecular flexibility index (Phi) is 6.86. The van der Waals surface area contributed by atoms with Gasteiger partial charge in [-0.2, -0.15) is 26.3 Å². The Morgan fingerprint density at radius 3 is 1.63 bits per heavy atom. The molecule has 9 heteroatoms. The summed E-state index contributed by atoms with van der Waals surface area (Å²) in [7, 11) is 0. The fourth-order valence-corrected chi connectivity index (χ4v) is 2.66. The SMILES string of the molecule is CC(C)(C)OC(=O)COC(c1cccc(C(F)(F)F)c1)c1cccc(C(F)(F)F)c1. The molecule has 3 nitrogen and oxygen atoms in total. The number of carbonyl (C=O) groups is 1. The molecule has 0 N–H and O–H groups in total. The summed E-state index contributed by atoms with van der Waals surface area (Å²) in [5.74, 6) is -0.800. The molecule has 0 spiro atoms. The Labute approximate surface area is 169 Å². The van der Waals surface area contributed by atoms with Gasteiger partial charge in [-0.05, 0) is 56.2 Å². The second kappa shape index (κ2) is 8.67. The molecule has 0 aliphatic rings. The third-order valence-corrected chi connectivity index (χ3v) is 3.82. The molecule has 0 aliphatic carbocycles. The van der Waals surface area contributed by atoms with Crippen LogP contribution in [-0.2, 0) is 26.6 Å². The van der Waals surface area contributed by atoms with Crippen LogP contribution in [0.15, 0.2) is 48.5 Å². The molecule has 0 saturated carbocycles. The smallest absolute Gasteiger partial charge is 0.416 e. The van der Waals surface area contributed by atoms with Gasteiger partial charge in [0.2, 0.25) is 0 Å². The third kappa shape index (κ3) is 6.76. The van der Waals surface area contributed by atoms with E-state index < -0.39 is 47.8 Å². The molecule has 0 saturated heterocycles. The molecule has 0 aliphatic heterocycles. The molecular weight excluding hydrogens is 414 g/mol. The molecule has 0 unspecified atom stereocenters. The van der Waals surface area contributed by atoms with Gasteiger partial charge < -0.3 is 9.47 Å². The van der Waals surface area contributed by atoms with Crippen LogP contribution in [0.25, 0.3) is 0 Å². The average Bonchev–Trinajstić information content (AvgIpc) is 2.59. The highest BCUT2D eigenvalue weighted by Gasteiger charge is 2.33. The van der Waals surface area contributed by atoms with Gasteiger partial charge in [0.25, 0.3) is 0 Å². The van der Waals surface area contributed by atoms with Crippen LogP contribution < -0.4 is 0 Å². The summed E-state index contributed by atoms with van der Waals surface area (Å²) in [6.07, 6.45) is -10.7. The van der Waals surface area contributed by atoms with E-state index in [1.54, 1.807) is 20.8 Å². The molecule has 0 fully saturated rings. The lowest BCUT2D eigenvalue weighted by Crippen LogP contribution is -2.27. The van der Waals surface area contributed by atoms with Crippen molar-refractivity contribution >= 4 is 5.97 Å². The molecular formula is C21H20F6O3. The highest BCUT2D eigenvalue weighted by molar-refractivity contribution is 5.71. The van der Waals surface area contributed by atoms with Crippen LogP contribution in [0.2, 0.25) is 0 Å². The quantitative estimate of drug-likeness (QED) is 0.417. The maximum Gasteiger partial charge on any atom is 0.416 e. The van der Waals surface area contributed by atoms with Crippen LogP contribution in [0.3, 0.4) is 0 Å². The van der Waals surface area contributed by atoms with E-state index in [4.69, 9.17) is 9.47 Å². The van der Waals surface area contributed by atoms with Gasteiger partial charge in [-0.25, -0.2) is 4.79 Å². The molecule has 164 valence electrons. The Bertz CT molecular complexity index is 824. The molecule has 0 aromatic heterocycles. The highest BCUT2D eigenvalue weighted by Crippen LogP contribution is 2.36. The molecule has 30 heavy (non-hydrogen) atoms. The Hall–Kier alpha value is -2.55. The number of benzene rings is 2. The van der Waals surface area contributed by atoms with Crippen molar-refractivity contribution in [1.82, 2.24) is 0 Å². The van der Waals surface area contributed by atoms with E-state index in [-0.39, 0.29) is 11.1 Å². The first kappa shape index (κ1) is 23.7. The summed E-state index contributed by atoms with van der Waals surface area (Å²) < 4.78 is 89.1. The average molecular weight is 434 g/mol. The van der Waals surface area contributed by atoms with Crippen molar-refractivity contribution in [3.63, 3.8) is 0 Å². The van der Waals surface area contributed by atoms with E-state index in [1.807, 2.05) is 0 Å². The summed E-state index contributed by atoms with van der Waals surface area (Å²) in [5, 5.41) is 0. The maximum absolute atomic E-state index is 13.1. The lowest BCUT2D eigenvalue weighted by Gasteiger charge is -2.23. The largest absolute Gasteiger partial charge is 0.458 e. The van der Waals surface area contributed by atoms with Crippen LogP contribution in [0.4, 0.5) is 26.3 Å². The van der Waals surface area contributed by atoms with Crippen LogP contribution in [-0.4, -0.2) is 18.2 Å². The Morgan fingerprint density at radius 2 is 1.27 bits per heavy atom. The van der Waals surface area contributed by atoms with Crippen molar-refractivity contribution in [1.29, 1.82) is 0 Å². The van der Waals surface area contributed by atoms with Gasteiger partial charge >= 0.3 is 18.3 Å². The van der Waals surface area contributed by atoms with Crippen LogP contribution in [0.5, 0.6) is 0 Å². The van der Waals surface area contributed by atoms with E-state index >= 15 is 0 Å². The summed E-state index contributed by atoms with van der Waals surface area (Å²) >= 11 is 0. The number of rotatable bonds is 5. The first-order chi connectivity index (χ1) is 13.7. The third-order valence-electron chi connectivity index (χ3n) is 3.82. The minimum atomic E-state index is -4.65. The molecule has 0 amide bonds. The Morgan fingerprint density at radius 1 is 0.833 bits per heavy atom. The summed E-state index contributed by atoms with van der Waals surface area (Å²) in [4.78, 5) is 12.0. The topological polar surface area (TPSA) is 35.5 Å². The van der Waals surface area contributed by atoms with E-state index in [9.17, 15) is 31.1 Å². The number of ether oxygens (including phenoxy) is 2. The predicted molar refractivity (Wildman–Crippen MR) is 96.5 cm³/mol. The zero-order valence-electron chi connectivity index (χ0n) is 16.4. The highest BCUT2D eigenvalue weighted by atomic mass is 19.4. The van der Waals surface area contributed by atoms with Gasteiger partial charge in [0.1, 0.15) is 18.3 Å². The first-order valence-electron chi connectivity index (χ1n) is 8.84. The van der Waals surface area contributed by atoms with Gasteiger partial charge in [0.05, 0.1) is 11.1 Å². The van der Waals surface area contributed by atoms with Crippen molar-refractivity contribution in [2.24, 2.45) is 0 Å². The number of hydrogen-bond donors (Lipinski definition) is 0. The van der Waals surface area contributed by atoms with Gasteiger partial charge in [-0.15, -0.1) is 0 Å². The number of alkyl halides is 6. The van der Waals surface area contributed by atoms with Gasteiger partial charge in [-0.1, -0.05) is 24.3 Å². The van der Waals surface area contributed by atoms with Crippen molar-refractivity contribution in [3.8, 4) is 0 Å². The maximum atomic E-state index is 13.1. The minimum Gasteiger partial charge on any atom is -0.458 e. The second-order valence-corrected chi connectivity index (χ2v) is 7.52. The van der Waals surface area contributed by atoms with Crippen LogP contribution in [0.1, 0.15) is 49.1 Å². The van der Waals surface area contributed by atoms with Crippen molar-refractivity contribution < 1.29 is 40.6 Å². The lowest BCUT2D eigenvalue weighted by atomic mass is 9.97. The van der Waals surface area contributed by atoms with Crippen LogP contribution >= 0.6 is 0 Å². The van der Waals surface area contributed by atoms with Gasteiger partial charge in [-0.3, -0.25) is 0 Å². The first-order valence-corrected chi connectivity index (χ1v) is 8.84. The number of halogens is 6. The number of carbonyl (C=O) groups excluding carboxylic acids is 1. The summed E-state index contributed by atoms with van der Waals surface area (Å²) in [6.45, 7) is 4.18. The number of esters is 1. The fraction of sp³-hybridized carbons (Fsp3) is 0.381. The molecule has 0 atom stereocenters. The van der Waals surface area contributed by atoms with Crippen molar-refractivity contribution in [2.45, 2.75) is 44.8 Å². The zero-order valence-corrected chi connectivity index (χ0v) is 16.4. The number of hydrogen-bond acceptors (Lipinski definition) is 3. The normalized spacial score (nSPS) is 12.9. The molecule has 2 aromatic rings. The lowest BCUT2D eigenvalue weighted by molar-refractivity contribution is -0.161. The predicted octanol–water partition coefficient (Wildman–Crippen LogP) is 6.17. The fourth-order valence-electron chi connectivity index (χ4n) is 2.66. The zero-order chi connectivity index (χ0) is 22.7. The summed E-state index contributed by atoms with van der Waals surface area (Å²) in [5.41, 5.74) is -2.90. The molecule has 2 rings (SSSR count). The van der Waals surface area contributed by atoms with E-state index in [1.165, 1.54) is 12.1 Å². The molecule has 0 heterocycles. The minimum absolute atomic E-state index is 0.0484. The summed E-state index contributed by atoms with van der Waals surface area (Å²) in [6, 6.07) is 8.04. The van der Waals surface area contributed by atoms with E-state index in [2.05, 4.69) is 0 Å². The van der Waals surface area contributed by atoms with E-state index in [0.29, 0.717) is 0 Å². The second-order valence-electron chi connectivity index (χ2n) is 7.52. The standard InChI is InChI=1S/C21H20F6O3/c1-19(2,3)30-17(28)12-29-18(13-6-4-8-15(10-13)20(22,23)24)14-7-5-9-16(11-14)21(25,26)27/h4-11,18H,12H2,1-3H3. The molecule has 0 bridgehead atoms. The molecule has 2 aromatic carbocycles. The van der Waals surface area contributed by atoms with Gasteiger partial charge in [0, 0.05) is 0 Å².